The van der Waals surface area contributed by atoms with Gasteiger partial charge in [0.05, 0.1) is 24.5 Å². The zero-order valence-corrected chi connectivity index (χ0v) is 9.56. The summed E-state index contributed by atoms with van der Waals surface area (Å²) in [5, 5.41) is 2.68. The first kappa shape index (κ1) is 12.4. The highest BCUT2D eigenvalue weighted by molar-refractivity contribution is 5.94. The van der Waals surface area contributed by atoms with E-state index in [2.05, 4.69) is 10.3 Å². The molecule has 1 aromatic rings. The summed E-state index contributed by atoms with van der Waals surface area (Å²) in [7, 11) is 0. The van der Waals surface area contributed by atoms with E-state index in [1.54, 1.807) is 18.3 Å². The number of anilines is 1. The van der Waals surface area contributed by atoms with E-state index in [9.17, 15) is 4.79 Å². The molecule has 1 amide bonds. The maximum Gasteiger partial charge on any atom is 0.241 e. The van der Waals surface area contributed by atoms with Gasteiger partial charge in [0.1, 0.15) is 0 Å². The van der Waals surface area contributed by atoms with E-state index in [0.29, 0.717) is 24.6 Å². The predicted molar refractivity (Wildman–Crippen MR) is 62.3 cm³/mol. The Kier molecular flexibility index (Phi) is 4.72. The van der Waals surface area contributed by atoms with Crippen molar-refractivity contribution in [1.82, 2.24) is 4.98 Å². The van der Waals surface area contributed by atoms with Crippen LogP contribution in [-0.4, -0.2) is 23.5 Å². The Morgan fingerprint density at radius 3 is 2.81 bits per heavy atom. The minimum Gasteiger partial charge on any atom is -0.478 e. The van der Waals surface area contributed by atoms with Crippen molar-refractivity contribution in [2.24, 2.45) is 5.73 Å². The molecule has 0 bridgehead atoms. The van der Waals surface area contributed by atoms with Gasteiger partial charge in [-0.1, -0.05) is 6.92 Å². The second-order valence-electron chi connectivity index (χ2n) is 3.32. The molecule has 1 atom stereocenters. The van der Waals surface area contributed by atoms with Gasteiger partial charge >= 0.3 is 0 Å². The molecule has 0 fully saturated rings. The summed E-state index contributed by atoms with van der Waals surface area (Å²) in [4.78, 5) is 15.5. The van der Waals surface area contributed by atoms with Gasteiger partial charge in [0.2, 0.25) is 11.8 Å². The van der Waals surface area contributed by atoms with Crippen LogP contribution in [0.15, 0.2) is 18.3 Å². The molecule has 1 heterocycles. The number of ether oxygens (including phenoxy) is 1. The zero-order chi connectivity index (χ0) is 12.0. The molecule has 0 aromatic carbocycles. The van der Waals surface area contributed by atoms with Gasteiger partial charge in [0.25, 0.3) is 0 Å². The lowest BCUT2D eigenvalue weighted by Crippen LogP contribution is -2.34. The number of pyridine rings is 1. The Balaban J connectivity index is 2.58. The van der Waals surface area contributed by atoms with Gasteiger partial charge in [-0.3, -0.25) is 4.79 Å². The number of nitrogens with zero attached hydrogens (tertiary/aromatic N) is 1. The van der Waals surface area contributed by atoms with Crippen LogP contribution in [0.5, 0.6) is 5.88 Å². The van der Waals surface area contributed by atoms with Gasteiger partial charge < -0.3 is 15.8 Å². The second kappa shape index (κ2) is 6.07. The number of amides is 1. The summed E-state index contributed by atoms with van der Waals surface area (Å²) in [6.07, 6.45) is 2.15. The molecule has 0 aliphatic rings. The van der Waals surface area contributed by atoms with Gasteiger partial charge in [0.15, 0.2) is 0 Å². The monoisotopic (exact) mass is 223 g/mol. The number of hydrogen-bond donors (Lipinski definition) is 2. The Morgan fingerprint density at radius 2 is 2.31 bits per heavy atom. The molecule has 1 aromatic heterocycles. The van der Waals surface area contributed by atoms with Crippen LogP contribution in [0, 0.1) is 0 Å². The summed E-state index contributed by atoms with van der Waals surface area (Å²) in [6, 6.07) is 2.96. The van der Waals surface area contributed by atoms with E-state index in [0.717, 1.165) is 0 Å². The lowest BCUT2D eigenvalue weighted by atomic mass is 10.2. The van der Waals surface area contributed by atoms with Gasteiger partial charge in [0, 0.05) is 6.07 Å². The van der Waals surface area contributed by atoms with Crippen LogP contribution >= 0.6 is 0 Å². The van der Waals surface area contributed by atoms with E-state index in [-0.39, 0.29) is 5.91 Å². The molecule has 0 aliphatic carbocycles. The molecule has 0 radical (unpaired) electrons. The van der Waals surface area contributed by atoms with Crippen LogP contribution in [-0.2, 0) is 4.79 Å². The van der Waals surface area contributed by atoms with Crippen molar-refractivity contribution in [3.05, 3.63) is 18.3 Å². The number of carbonyl (C=O) groups is 1. The second-order valence-corrected chi connectivity index (χ2v) is 3.32. The van der Waals surface area contributed by atoms with E-state index in [1.807, 2.05) is 13.8 Å². The normalized spacial score (nSPS) is 11.9. The minimum atomic E-state index is -0.480. The third-order valence-corrected chi connectivity index (χ3v) is 2.07. The molecule has 16 heavy (non-hydrogen) atoms. The molecular weight excluding hydrogens is 206 g/mol. The highest BCUT2D eigenvalue weighted by Gasteiger charge is 2.10. The molecule has 0 saturated carbocycles. The molecule has 88 valence electrons. The molecule has 5 nitrogen and oxygen atoms in total. The summed E-state index contributed by atoms with van der Waals surface area (Å²) in [5.41, 5.74) is 6.21. The van der Waals surface area contributed by atoms with Crippen LogP contribution in [0.3, 0.4) is 0 Å². The summed E-state index contributed by atoms with van der Waals surface area (Å²) in [6.45, 7) is 4.32. The molecule has 5 heteroatoms. The summed E-state index contributed by atoms with van der Waals surface area (Å²) in [5.74, 6) is 0.341. The summed E-state index contributed by atoms with van der Waals surface area (Å²) < 4.78 is 5.19. The maximum absolute atomic E-state index is 11.5. The molecule has 0 spiro atoms. The van der Waals surface area contributed by atoms with Crippen LogP contribution in [0.2, 0.25) is 0 Å². The molecule has 3 N–H and O–H groups in total. The Hall–Kier alpha value is -1.62. The van der Waals surface area contributed by atoms with Gasteiger partial charge in [-0.15, -0.1) is 0 Å². The number of nitrogens with two attached hydrogens (primary N) is 1. The van der Waals surface area contributed by atoms with Crippen LogP contribution in [0.4, 0.5) is 5.69 Å². The van der Waals surface area contributed by atoms with Gasteiger partial charge in [-0.2, -0.15) is 0 Å². The smallest absolute Gasteiger partial charge is 0.241 e. The average molecular weight is 223 g/mol. The third kappa shape index (κ3) is 3.51. The molecular formula is C11H17N3O2. The fourth-order valence-electron chi connectivity index (χ4n) is 1.11. The topological polar surface area (TPSA) is 77.2 Å². The largest absolute Gasteiger partial charge is 0.478 e. The van der Waals surface area contributed by atoms with E-state index in [4.69, 9.17) is 10.5 Å². The zero-order valence-electron chi connectivity index (χ0n) is 9.56. The first-order valence-electron chi connectivity index (χ1n) is 5.32. The quantitative estimate of drug-likeness (QED) is 0.785. The highest BCUT2D eigenvalue weighted by atomic mass is 16.5. The average Bonchev–Trinajstić information content (AvgIpc) is 2.31. The predicted octanol–water partition coefficient (Wildman–Crippen LogP) is 1.16. The van der Waals surface area contributed by atoms with Crippen molar-refractivity contribution in [2.75, 3.05) is 11.9 Å². The molecule has 0 saturated heterocycles. The van der Waals surface area contributed by atoms with Crippen LogP contribution in [0.1, 0.15) is 20.3 Å². The van der Waals surface area contributed by atoms with Crippen molar-refractivity contribution in [3.8, 4) is 5.88 Å². The van der Waals surface area contributed by atoms with Crippen LogP contribution in [0.25, 0.3) is 0 Å². The SMILES string of the molecule is CCOc1ccc(NC(=O)[C@@H](N)CC)cn1. The Bertz CT molecular complexity index is 338. The van der Waals surface area contributed by atoms with E-state index in [1.165, 1.54) is 0 Å². The maximum atomic E-state index is 11.5. The van der Waals surface area contributed by atoms with Crippen molar-refractivity contribution in [1.29, 1.82) is 0 Å². The van der Waals surface area contributed by atoms with E-state index < -0.39 is 6.04 Å². The lowest BCUT2D eigenvalue weighted by Gasteiger charge is -2.10. The van der Waals surface area contributed by atoms with E-state index >= 15 is 0 Å². The highest BCUT2D eigenvalue weighted by Crippen LogP contribution is 2.11. The fraction of sp³-hybridized carbons (Fsp3) is 0.455. The number of hydrogen-bond acceptors (Lipinski definition) is 4. The Labute approximate surface area is 95.0 Å². The molecule has 1 rings (SSSR count). The van der Waals surface area contributed by atoms with Gasteiger partial charge in [-0.05, 0) is 19.4 Å². The lowest BCUT2D eigenvalue weighted by molar-refractivity contribution is -0.117. The number of carbonyl (C=O) groups excluding carboxylic acids is 1. The number of aromatic nitrogens is 1. The van der Waals surface area contributed by atoms with Crippen molar-refractivity contribution >= 4 is 11.6 Å². The number of rotatable bonds is 5. The van der Waals surface area contributed by atoms with Crippen molar-refractivity contribution in [2.45, 2.75) is 26.3 Å². The summed E-state index contributed by atoms with van der Waals surface area (Å²) >= 11 is 0. The molecule has 0 unspecified atom stereocenters. The number of nitrogens with one attached hydrogen (secondary N) is 1. The van der Waals surface area contributed by atoms with Crippen molar-refractivity contribution < 1.29 is 9.53 Å². The first-order chi connectivity index (χ1) is 7.67. The first-order valence-corrected chi connectivity index (χ1v) is 5.32. The standard InChI is InChI=1S/C11H17N3O2/c1-3-9(12)11(15)14-8-5-6-10(13-7-8)16-4-2/h5-7,9H,3-4,12H2,1-2H3,(H,14,15)/t9-/m0/s1. The van der Waals surface area contributed by atoms with Crippen molar-refractivity contribution in [3.63, 3.8) is 0 Å². The fourth-order valence-corrected chi connectivity index (χ4v) is 1.11. The molecule has 0 aliphatic heterocycles. The third-order valence-electron chi connectivity index (χ3n) is 2.07. The van der Waals surface area contributed by atoms with Crippen LogP contribution < -0.4 is 15.8 Å². The van der Waals surface area contributed by atoms with Gasteiger partial charge in [-0.25, -0.2) is 4.98 Å². The Morgan fingerprint density at radius 1 is 1.56 bits per heavy atom. The minimum absolute atomic E-state index is 0.201.